The van der Waals surface area contributed by atoms with Crippen LogP contribution in [-0.4, -0.2) is 21.0 Å². The minimum atomic E-state index is -1.04. The second-order valence-corrected chi connectivity index (χ2v) is 4.79. The van der Waals surface area contributed by atoms with Gasteiger partial charge in [-0.3, -0.25) is 0 Å². The molecule has 0 aromatic carbocycles. The van der Waals surface area contributed by atoms with Crippen molar-refractivity contribution in [3.63, 3.8) is 0 Å². The number of hydrogen-bond acceptors (Lipinski definition) is 5. The highest BCUT2D eigenvalue weighted by atomic mass is 32.2. The lowest BCUT2D eigenvalue weighted by Gasteiger charge is -2.02. The number of hydrogen-bond donors (Lipinski definition) is 1. The van der Waals surface area contributed by atoms with Crippen LogP contribution in [0.2, 0.25) is 0 Å². The largest absolute Gasteiger partial charge is 0.477 e. The van der Waals surface area contributed by atoms with Gasteiger partial charge in [-0.25, -0.2) is 14.8 Å². The number of carboxylic acids is 1. The Bertz CT molecular complexity index is 754. The smallest absolute Gasteiger partial charge is 0.354 e. The minimum Gasteiger partial charge on any atom is -0.477 e. The molecular weight excluding hydrogens is 264 g/mol. The van der Waals surface area contributed by atoms with Gasteiger partial charge in [0, 0.05) is 17.3 Å². The van der Waals surface area contributed by atoms with E-state index in [2.05, 4.69) is 9.97 Å². The molecule has 0 aliphatic carbocycles. The molecule has 0 spiro atoms. The molecule has 0 saturated carbocycles. The first-order valence-corrected chi connectivity index (χ1v) is 6.25. The van der Waals surface area contributed by atoms with Crippen molar-refractivity contribution in [1.29, 1.82) is 0 Å². The Morgan fingerprint density at radius 3 is 2.89 bits per heavy atom. The van der Waals surface area contributed by atoms with Gasteiger partial charge in [-0.15, -0.1) is 0 Å². The maximum Gasteiger partial charge on any atom is 0.354 e. The summed E-state index contributed by atoms with van der Waals surface area (Å²) in [5, 5.41) is 10.6. The summed E-state index contributed by atoms with van der Waals surface area (Å²) in [6.07, 6.45) is 4.74. The van der Waals surface area contributed by atoms with Crippen molar-refractivity contribution < 1.29 is 14.3 Å². The van der Waals surface area contributed by atoms with E-state index in [0.29, 0.717) is 0 Å². The average molecular weight is 272 g/mol. The second kappa shape index (κ2) is 4.74. The Morgan fingerprint density at radius 2 is 2.05 bits per heavy atom. The number of pyridine rings is 2. The molecule has 6 heteroatoms. The standard InChI is InChI=1S/C13H8N2O3S/c16-13(17)10-7-8(1-4-14-10)19-12-9-3-6-18-11(9)2-5-15-12/h1-7H,(H,16,17). The van der Waals surface area contributed by atoms with Gasteiger partial charge in [-0.05, 0) is 24.3 Å². The monoisotopic (exact) mass is 272 g/mol. The summed E-state index contributed by atoms with van der Waals surface area (Å²) in [6.45, 7) is 0. The predicted octanol–water partition coefficient (Wildman–Crippen LogP) is 3.07. The lowest BCUT2D eigenvalue weighted by molar-refractivity contribution is 0.0690. The van der Waals surface area contributed by atoms with Crippen molar-refractivity contribution in [3.05, 3.63) is 48.6 Å². The number of aromatic carboxylic acids is 1. The van der Waals surface area contributed by atoms with E-state index in [1.54, 1.807) is 24.6 Å². The molecule has 0 radical (unpaired) electrons. The number of aromatic nitrogens is 2. The van der Waals surface area contributed by atoms with Crippen LogP contribution < -0.4 is 0 Å². The fourth-order valence-corrected chi connectivity index (χ4v) is 2.57. The molecule has 0 aliphatic heterocycles. The Labute approximate surface area is 112 Å². The van der Waals surface area contributed by atoms with Crippen LogP contribution in [0.15, 0.2) is 57.3 Å². The van der Waals surface area contributed by atoms with Crippen molar-refractivity contribution in [1.82, 2.24) is 9.97 Å². The first kappa shape index (κ1) is 11.7. The molecule has 0 atom stereocenters. The maximum absolute atomic E-state index is 10.9. The summed E-state index contributed by atoms with van der Waals surface area (Å²) in [7, 11) is 0. The van der Waals surface area contributed by atoms with Crippen LogP contribution in [0.4, 0.5) is 0 Å². The molecular formula is C13H8N2O3S. The molecule has 94 valence electrons. The summed E-state index contributed by atoms with van der Waals surface area (Å²) in [4.78, 5) is 19.7. The molecule has 3 aromatic heterocycles. The molecule has 5 nitrogen and oxygen atoms in total. The fraction of sp³-hybridized carbons (Fsp3) is 0. The number of furan rings is 1. The third-order valence-electron chi connectivity index (χ3n) is 2.51. The average Bonchev–Trinajstić information content (AvgIpc) is 2.88. The van der Waals surface area contributed by atoms with Gasteiger partial charge < -0.3 is 9.52 Å². The molecule has 19 heavy (non-hydrogen) atoms. The summed E-state index contributed by atoms with van der Waals surface area (Å²) in [5.74, 6) is -1.04. The topological polar surface area (TPSA) is 76.2 Å². The first-order chi connectivity index (χ1) is 9.24. The van der Waals surface area contributed by atoms with Gasteiger partial charge in [-0.1, -0.05) is 11.8 Å². The van der Waals surface area contributed by atoms with Gasteiger partial charge in [0.1, 0.15) is 16.3 Å². The van der Waals surface area contributed by atoms with Gasteiger partial charge in [0.25, 0.3) is 0 Å². The van der Waals surface area contributed by atoms with E-state index in [9.17, 15) is 4.79 Å². The van der Waals surface area contributed by atoms with Crippen molar-refractivity contribution in [3.8, 4) is 0 Å². The van der Waals surface area contributed by atoms with Crippen LogP contribution in [0, 0.1) is 0 Å². The molecule has 0 aliphatic rings. The second-order valence-electron chi connectivity index (χ2n) is 3.73. The lowest BCUT2D eigenvalue weighted by atomic mass is 10.3. The summed E-state index contributed by atoms with van der Waals surface area (Å²) in [6, 6.07) is 6.89. The highest BCUT2D eigenvalue weighted by Crippen LogP contribution is 2.32. The van der Waals surface area contributed by atoms with E-state index in [4.69, 9.17) is 9.52 Å². The van der Waals surface area contributed by atoms with Crippen LogP contribution in [-0.2, 0) is 0 Å². The molecule has 0 fully saturated rings. The van der Waals surface area contributed by atoms with Crippen LogP contribution in [0.3, 0.4) is 0 Å². The molecule has 0 bridgehead atoms. The normalized spacial score (nSPS) is 10.7. The molecule has 0 amide bonds. The quantitative estimate of drug-likeness (QED) is 0.789. The van der Waals surface area contributed by atoms with Crippen molar-refractivity contribution in [2.75, 3.05) is 0 Å². The Balaban J connectivity index is 1.99. The number of nitrogens with zero attached hydrogens (tertiary/aromatic N) is 2. The third kappa shape index (κ3) is 2.30. The van der Waals surface area contributed by atoms with Gasteiger partial charge in [0.15, 0.2) is 0 Å². The summed E-state index contributed by atoms with van der Waals surface area (Å²) < 4.78 is 5.30. The van der Waals surface area contributed by atoms with Gasteiger partial charge in [0.05, 0.1) is 11.6 Å². The lowest BCUT2D eigenvalue weighted by Crippen LogP contribution is -1.99. The zero-order valence-electron chi connectivity index (χ0n) is 9.61. The minimum absolute atomic E-state index is 0.0179. The van der Waals surface area contributed by atoms with E-state index >= 15 is 0 Å². The van der Waals surface area contributed by atoms with Crippen molar-refractivity contribution in [2.24, 2.45) is 0 Å². The zero-order valence-corrected chi connectivity index (χ0v) is 10.4. The van der Waals surface area contributed by atoms with Gasteiger partial charge in [-0.2, -0.15) is 0 Å². The highest BCUT2D eigenvalue weighted by molar-refractivity contribution is 7.99. The van der Waals surface area contributed by atoms with E-state index in [1.807, 2.05) is 6.07 Å². The summed E-state index contributed by atoms with van der Waals surface area (Å²) in [5.41, 5.74) is 0.773. The highest BCUT2D eigenvalue weighted by Gasteiger charge is 2.09. The number of carbonyl (C=O) groups is 1. The fourth-order valence-electron chi connectivity index (χ4n) is 1.65. The molecule has 3 rings (SSSR count). The number of rotatable bonds is 3. The number of carboxylic acid groups (broad SMARTS) is 1. The van der Waals surface area contributed by atoms with Crippen LogP contribution in [0.1, 0.15) is 10.5 Å². The van der Waals surface area contributed by atoms with E-state index in [-0.39, 0.29) is 5.69 Å². The molecule has 1 N–H and O–H groups in total. The van der Waals surface area contributed by atoms with E-state index in [1.165, 1.54) is 24.0 Å². The van der Waals surface area contributed by atoms with Gasteiger partial charge >= 0.3 is 5.97 Å². The Hall–Kier alpha value is -2.34. The Morgan fingerprint density at radius 1 is 1.21 bits per heavy atom. The predicted molar refractivity (Wildman–Crippen MR) is 69.3 cm³/mol. The first-order valence-electron chi connectivity index (χ1n) is 5.43. The van der Waals surface area contributed by atoms with Crippen molar-refractivity contribution >= 4 is 28.7 Å². The third-order valence-corrected chi connectivity index (χ3v) is 3.52. The molecule has 3 heterocycles. The molecule has 0 saturated heterocycles. The van der Waals surface area contributed by atoms with Crippen molar-refractivity contribution in [2.45, 2.75) is 9.92 Å². The summed E-state index contributed by atoms with van der Waals surface area (Å²) >= 11 is 1.38. The van der Waals surface area contributed by atoms with Gasteiger partial charge in [0.2, 0.25) is 0 Å². The van der Waals surface area contributed by atoms with Crippen LogP contribution in [0.25, 0.3) is 11.0 Å². The molecule has 0 unspecified atom stereocenters. The van der Waals surface area contributed by atoms with E-state index in [0.717, 1.165) is 20.9 Å². The molecule has 3 aromatic rings. The van der Waals surface area contributed by atoms with E-state index < -0.39 is 5.97 Å². The maximum atomic E-state index is 10.9. The SMILES string of the molecule is O=C(O)c1cc(Sc2nccc3occc23)ccn1. The number of fused-ring (bicyclic) bond motifs is 1. The zero-order chi connectivity index (χ0) is 13.2. The Kier molecular flexibility index (Phi) is 2.92. The van der Waals surface area contributed by atoms with Crippen LogP contribution >= 0.6 is 11.8 Å². The van der Waals surface area contributed by atoms with Crippen LogP contribution in [0.5, 0.6) is 0 Å².